The number of thiazole rings is 1. The molecule has 1 fully saturated rings. The van der Waals surface area contributed by atoms with Crippen LogP contribution in [0, 0.1) is 0 Å². The number of nitrogens with zero attached hydrogens (tertiary/aromatic N) is 4. The summed E-state index contributed by atoms with van der Waals surface area (Å²) in [7, 11) is 0. The molecule has 0 aromatic carbocycles. The number of aromatic nitrogens is 4. The van der Waals surface area contributed by atoms with Crippen molar-refractivity contribution in [1.82, 2.24) is 19.6 Å². The summed E-state index contributed by atoms with van der Waals surface area (Å²) in [6.07, 6.45) is 8.14. The first-order valence-corrected chi connectivity index (χ1v) is 8.30. The van der Waals surface area contributed by atoms with Gasteiger partial charge in [-0.15, -0.1) is 11.3 Å². The lowest BCUT2D eigenvalue weighted by atomic mass is 9.87. The van der Waals surface area contributed by atoms with Crippen LogP contribution in [0.2, 0.25) is 0 Å². The average molecular weight is 299 g/mol. The second kappa shape index (κ2) is 5.11. The fourth-order valence-electron chi connectivity index (χ4n) is 3.14. The van der Waals surface area contributed by atoms with E-state index in [1.807, 2.05) is 17.0 Å². The van der Waals surface area contributed by atoms with Gasteiger partial charge in [0.05, 0.1) is 23.0 Å². The van der Waals surface area contributed by atoms with Gasteiger partial charge >= 0.3 is 0 Å². The molecule has 4 rings (SSSR count). The Morgan fingerprint density at radius 1 is 1.24 bits per heavy atom. The van der Waals surface area contributed by atoms with Crippen molar-refractivity contribution >= 4 is 22.8 Å². The van der Waals surface area contributed by atoms with Crippen molar-refractivity contribution in [3.8, 4) is 11.3 Å². The molecule has 0 unspecified atom stereocenters. The predicted octanol–water partition coefficient (Wildman–Crippen LogP) is 3.48. The minimum Gasteiger partial charge on any atom is -0.384 e. The van der Waals surface area contributed by atoms with Crippen molar-refractivity contribution in [2.45, 2.75) is 38.0 Å². The molecule has 6 heteroatoms. The Morgan fingerprint density at radius 3 is 2.86 bits per heavy atom. The van der Waals surface area contributed by atoms with Gasteiger partial charge in [0.2, 0.25) is 0 Å². The molecule has 108 valence electrons. The maximum Gasteiger partial charge on any atom is 0.167 e. The van der Waals surface area contributed by atoms with E-state index >= 15 is 0 Å². The van der Waals surface area contributed by atoms with Crippen LogP contribution in [0.3, 0.4) is 0 Å². The molecule has 3 aromatic heterocycles. The molecular formula is C15H17N5S. The number of hydrogen-bond acceptors (Lipinski definition) is 5. The van der Waals surface area contributed by atoms with Gasteiger partial charge < -0.3 is 5.73 Å². The van der Waals surface area contributed by atoms with E-state index in [0.717, 1.165) is 22.6 Å². The number of nitrogen functional groups attached to an aromatic ring is 1. The maximum atomic E-state index is 6.17. The third-order valence-electron chi connectivity index (χ3n) is 4.25. The Balaban J connectivity index is 1.85. The van der Waals surface area contributed by atoms with E-state index in [1.165, 1.54) is 32.1 Å². The van der Waals surface area contributed by atoms with E-state index in [9.17, 15) is 0 Å². The van der Waals surface area contributed by atoms with Crippen LogP contribution in [0.25, 0.3) is 16.9 Å². The Labute approximate surface area is 126 Å². The number of nitrogens with two attached hydrogens (primary N) is 1. The van der Waals surface area contributed by atoms with Crippen LogP contribution >= 0.6 is 11.3 Å². The Morgan fingerprint density at radius 2 is 2.10 bits per heavy atom. The Kier molecular flexibility index (Phi) is 3.11. The lowest BCUT2D eigenvalue weighted by Gasteiger charge is -2.21. The van der Waals surface area contributed by atoms with Crippen molar-refractivity contribution in [2.24, 2.45) is 0 Å². The van der Waals surface area contributed by atoms with E-state index in [-0.39, 0.29) is 0 Å². The molecule has 1 saturated carbocycles. The quantitative estimate of drug-likeness (QED) is 0.786. The zero-order valence-electron chi connectivity index (χ0n) is 11.7. The van der Waals surface area contributed by atoms with E-state index < -0.39 is 0 Å². The zero-order chi connectivity index (χ0) is 14.2. The number of anilines is 1. The molecule has 0 spiro atoms. The molecule has 21 heavy (non-hydrogen) atoms. The Hall–Kier alpha value is -1.95. The summed E-state index contributed by atoms with van der Waals surface area (Å²) in [5.41, 5.74) is 11.8. The molecule has 2 N–H and O–H groups in total. The SMILES string of the molecule is Nc1cc(C2CCCCC2)nc2c(-c3cscn3)cnn12. The first kappa shape index (κ1) is 12.8. The molecule has 1 aliphatic carbocycles. The first-order chi connectivity index (χ1) is 10.3. The normalized spacial score (nSPS) is 16.6. The van der Waals surface area contributed by atoms with Gasteiger partial charge in [0.15, 0.2) is 5.65 Å². The fourth-order valence-corrected chi connectivity index (χ4v) is 3.69. The van der Waals surface area contributed by atoms with Gasteiger partial charge in [-0.3, -0.25) is 0 Å². The smallest absolute Gasteiger partial charge is 0.167 e. The second-order valence-corrected chi connectivity index (χ2v) is 6.33. The third kappa shape index (κ3) is 2.19. The van der Waals surface area contributed by atoms with Gasteiger partial charge in [0, 0.05) is 23.1 Å². The van der Waals surface area contributed by atoms with Crippen LogP contribution in [-0.4, -0.2) is 19.6 Å². The van der Waals surface area contributed by atoms with E-state index in [2.05, 4.69) is 10.1 Å². The largest absolute Gasteiger partial charge is 0.384 e. The lowest BCUT2D eigenvalue weighted by molar-refractivity contribution is 0.437. The van der Waals surface area contributed by atoms with Crippen LogP contribution in [0.15, 0.2) is 23.2 Å². The number of hydrogen-bond donors (Lipinski definition) is 1. The molecular weight excluding hydrogens is 282 g/mol. The van der Waals surface area contributed by atoms with Crippen LogP contribution in [-0.2, 0) is 0 Å². The highest BCUT2D eigenvalue weighted by Crippen LogP contribution is 2.33. The van der Waals surface area contributed by atoms with Crippen LogP contribution in [0.5, 0.6) is 0 Å². The van der Waals surface area contributed by atoms with Gasteiger partial charge in [-0.1, -0.05) is 19.3 Å². The minimum absolute atomic E-state index is 0.532. The molecule has 3 heterocycles. The van der Waals surface area contributed by atoms with Crippen molar-refractivity contribution in [3.63, 3.8) is 0 Å². The number of fused-ring (bicyclic) bond motifs is 1. The third-order valence-corrected chi connectivity index (χ3v) is 4.84. The molecule has 1 aliphatic rings. The summed E-state index contributed by atoms with van der Waals surface area (Å²) < 4.78 is 1.71. The molecule has 0 radical (unpaired) electrons. The minimum atomic E-state index is 0.532. The average Bonchev–Trinajstić information content (AvgIpc) is 3.16. The summed E-state index contributed by atoms with van der Waals surface area (Å²) in [6, 6.07) is 1.99. The first-order valence-electron chi connectivity index (χ1n) is 7.35. The van der Waals surface area contributed by atoms with E-state index in [1.54, 1.807) is 22.0 Å². The predicted molar refractivity (Wildman–Crippen MR) is 84.3 cm³/mol. The van der Waals surface area contributed by atoms with Crippen molar-refractivity contribution < 1.29 is 0 Å². The van der Waals surface area contributed by atoms with Crippen molar-refractivity contribution in [3.05, 3.63) is 28.8 Å². The van der Waals surface area contributed by atoms with Crippen molar-refractivity contribution in [2.75, 3.05) is 5.73 Å². The molecule has 0 aliphatic heterocycles. The molecule has 3 aromatic rings. The molecule has 0 atom stereocenters. The summed E-state index contributed by atoms with van der Waals surface area (Å²) in [6.45, 7) is 0. The highest BCUT2D eigenvalue weighted by atomic mass is 32.1. The van der Waals surface area contributed by atoms with Gasteiger partial charge in [0.1, 0.15) is 5.82 Å². The van der Waals surface area contributed by atoms with Crippen LogP contribution in [0.4, 0.5) is 5.82 Å². The van der Waals surface area contributed by atoms with Crippen LogP contribution in [0.1, 0.15) is 43.7 Å². The van der Waals surface area contributed by atoms with Crippen molar-refractivity contribution in [1.29, 1.82) is 0 Å². The second-order valence-electron chi connectivity index (χ2n) is 5.61. The van der Waals surface area contributed by atoms with Gasteiger partial charge in [-0.05, 0) is 12.8 Å². The van der Waals surface area contributed by atoms with Gasteiger partial charge in [0.25, 0.3) is 0 Å². The summed E-state index contributed by atoms with van der Waals surface area (Å²) in [4.78, 5) is 9.23. The highest BCUT2D eigenvalue weighted by molar-refractivity contribution is 7.07. The summed E-state index contributed by atoms with van der Waals surface area (Å²) >= 11 is 1.58. The zero-order valence-corrected chi connectivity index (χ0v) is 12.5. The Bertz CT molecular complexity index is 756. The highest BCUT2D eigenvalue weighted by Gasteiger charge is 2.20. The van der Waals surface area contributed by atoms with Gasteiger partial charge in [-0.2, -0.15) is 9.61 Å². The van der Waals surface area contributed by atoms with Crippen LogP contribution < -0.4 is 5.73 Å². The molecule has 0 amide bonds. The molecule has 0 bridgehead atoms. The maximum absolute atomic E-state index is 6.17. The topological polar surface area (TPSA) is 69.1 Å². The summed E-state index contributed by atoms with van der Waals surface area (Å²) in [5.74, 6) is 1.19. The van der Waals surface area contributed by atoms with E-state index in [4.69, 9.17) is 10.7 Å². The lowest BCUT2D eigenvalue weighted by Crippen LogP contribution is -2.10. The summed E-state index contributed by atoms with van der Waals surface area (Å²) in [5, 5.41) is 6.37. The molecule has 0 saturated heterocycles. The standard InChI is InChI=1S/C15H17N5S/c16-14-6-12(10-4-2-1-3-5-10)19-15-11(7-18-20(14)15)13-8-21-9-17-13/h6-10H,1-5,16H2. The van der Waals surface area contributed by atoms with E-state index in [0.29, 0.717) is 11.7 Å². The monoisotopic (exact) mass is 299 g/mol. The molecule has 5 nitrogen and oxygen atoms in total. The fraction of sp³-hybridized carbons (Fsp3) is 0.400. The number of rotatable bonds is 2. The van der Waals surface area contributed by atoms with Gasteiger partial charge in [-0.25, -0.2) is 9.97 Å².